The minimum absolute atomic E-state index is 0.118. The van der Waals surface area contributed by atoms with Gasteiger partial charge in [0, 0.05) is 0 Å². The van der Waals surface area contributed by atoms with E-state index in [2.05, 4.69) is 4.98 Å². The number of aromatic nitrogens is 1. The summed E-state index contributed by atoms with van der Waals surface area (Å²) in [6, 6.07) is 7.48. The van der Waals surface area contributed by atoms with Crippen LogP contribution in [-0.2, 0) is 4.79 Å². The second kappa shape index (κ2) is 3.09. The number of carbonyl (C=O) groups is 1. The number of oxazole rings is 1. The van der Waals surface area contributed by atoms with Crippen molar-refractivity contribution in [2.24, 2.45) is 11.3 Å². The molecule has 88 valence electrons. The van der Waals surface area contributed by atoms with Gasteiger partial charge < -0.3 is 9.52 Å². The molecule has 1 saturated carbocycles. The van der Waals surface area contributed by atoms with Crippen LogP contribution in [0.1, 0.15) is 25.7 Å². The molecule has 1 heterocycles. The molecule has 2 atom stereocenters. The Hall–Kier alpha value is -1.84. The number of nitrogens with zero attached hydrogens (tertiary/aromatic N) is 1. The Balaban J connectivity index is 2.03. The number of benzene rings is 1. The molecule has 0 bridgehead atoms. The molecule has 4 nitrogen and oxygen atoms in total. The Labute approximate surface area is 98.3 Å². The zero-order valence-electron chi connectivity index (χ0n) is 9.68. The summed E-state index contributed by atoms with van der Waals surface area (Å²) in [5.74, 6) is -0.742. The van der Waals surface area contributed by atoms with E-state index in [1.54, 1.807) is 0 Å². The monoisotopic (exact) mass is 231 g/mol. The predicted octanol–water partition coefficient (Wildman–Crippen LogP) is 2.65. The highest BCUT2D eigenvalue weighted by Gasteiger charge is 2.65. The van der Waals surface area contributed by atoms with Crippen LogP contribution in [0.3, 0.4) is 0 Å². The molecule has 2 aromatic rings. The molecule has 2 unspecified atom stereocenters. The summed E-state index contributed by atoms with van der Waals surface area (Å²) in [5.41, 5.74) is 1.23. The van der Waals surface area contributed by atoms with E-state index in [9.17, 15) is 4.79 Å². The topological polar surface area (TPSA) is 63.3 Å². The third-order valence-electron chi connectivity index (χ3n) is 3.67. The van der Waals surface area contributed by atoms with E-state index in [1.165, 1.54) is 0 Å². The summed E-state index contributed by atoms with van der Waals surface area (Å²) in [5, 5.41) is 9.13. The first kappa shape index (κ1) is 10.3. The van der Waals surface area contributed by atoms with Crippen molar-refractivity contribution >= 4 is 17.1 Å². The van der Waals surface area contributed by atoms with Gasteiger partial charge in [-0.05, 0) is 17.5 Å². The molecule has 1 aliphatic carbocycles. The normalized spacial score (nSPS) is 26.0. The van der Waals surface area contributed by atoms with E-state index in [0.717, 1.165) is 5.52 Å². The van der Waals surface area contributed by atoms with Crippen LogP contribution >= 0.6 is 0 Å². The maximum absolute atomic E-state index is 11.1. The van der Waals surface area contributed by atoms with Crippen molar-refractivity contribution in [1.82, 2.24) is 4.98 Å². The lowest BCUT2D eigenvalue weighted by atomic mass is 10.1. The van der Waals surface area contributed by atoms with E-state index in [0.29, 0.717) is 11.5 Å². The van der Waals surface area contributed by atoms with Crippen molar-refractivity contribution in [1.29, 1.82) is 0 Å². The zero-order chi connectivity index (χ0) is 12.2. The van der Waals surface area contributed by atoms with Crippen molar-refractivity contribution in [3.63, 3.8) is 0 Å². The first-order valence-corrected chi connectivity index (χ1v) is 5.60. The van der Waals surface area contributed by atoms with E-state index in [-0.39, 0.29) is 11.3 Å². The number of aliphatic carboxylic acids is 1. The van der Waals surface area contributed by atoms with Crippen molar-refractivity contribution < 1.29 is 14.3 Å². The van der Waals surface area contributed by atoms with Crippen LogP contribution < -0.4 is 0 Å². The Morgan fingerprint density at radius 2 is 2.12 bits per heavy atom. The number of rotatable bonds is 2. The average Bonchev–Trinajstić information content (AvgIpc) is 2.68. The molecule has 0 spiro atoms. The van der Waals surface area contributed by atoms with Crippen LogP contribution in [0.25, 0.3) is 11.1 Å². The number of hydrogen-bond donors (Lipinski definition) is 1. The van der Waals surface area contributed by atoms with E-state index < -0.39 is 11.9 Å². The highest BCUT2D eigenvalue weighted by atomic mass is 16.4. The summed E-state index contributed by atoms with van der Waals surface area (Å²) in [4.78, 5) is 15.5. The number of hydrogen-bond acceptors (Lipinski definition) is 3. The minimum atomic E-state index is -0.776. The van der Waals surface area contributed by atoms with Crippen LogP contribution in [0, 0.1) is 11.3 Å². The van der Waals surface area contributed by atoms with Gasteiger partial charge >= 0.3 is 5.97 Å². The van der Waals surface area contributed by atoms with Crippen molar-refractivity contribution in [3.8, 4) is 0 Å². The highest BCUT2D eigenvalue weighted by Crippen LogP contribution is 2.64. The average molecular weight is 231 g/mol. The van der Waals surface area contributed by atoms with Crippen molar-refractivity contribution in [2.75, 3.05) is 0 Å². The first-order chi connectivity index (χ1) is 8.01. The third kappa shape index (κ3) is 1.37. The van der Waals surface area contributed by atoms with Gasteiger partial charge in [0.1, 0.15) is 5.52 Å². The molecule has 0 amide bonds. The maximum Gasteiger partial charge on any atom is 0.307 e. The van der Waals surface area contributed by atoms with Crippen LogP contribution in [0.4, 0.5) is 0 Å². The number of para-hydroxylation sites is 2. The summed E-state index contributed by atoms with van der Waals surface area (Å²) in [6.07, 6.45) is 0. The molecule has 0 saturated heterocycles. The molecule has 4 heteroatoms. The Morgan fingerprint density at radius 1 is 1.41 bits per heavy atom. The molecule has 1 aromatic heterocycles. The number of carboxylic acid groups (broad SMARTS) is 1. The summed E-state index contributed by atoms with van der Waals surface area (Å²) in [6.45, 7) is 3.87. The van der Waals surface area contributed by atoms with E-state index in [1.807, 2.05) is 38.1 Å². The third-order valence-corrected chi connectivity index (χ3v) is 3.67. The van der Waals surface area contributed by atoms with Crippen LogP contribution in [-0.4, -0.2) is 16.1 Å². The van der Waals surface area contributed by atoms with Gasteiger partial charge in [0.05, 0.1) is 11.8 Å². The Kier molecular flexibility index (Phi) is 1.88. The molecular formula is C13H13NO3. The Morgan fingerprint density at radius 3 is 2.71 bits per heavy atom. The lowest BCUT2D eigenvalue weighted by Crippen LogP contribution is -2.03. The number of carboxylic acids is 1. The highest BCUT2D eigenvalue weighted by molar-refractivity contribution is 5.78. The van der Waals surface area contributed by atoms with Gasteiger partial charge in [-0.1, -0.05) is 26.0 Å². The number of fused-ring (bicyclic) bond motifs is 1. The first-order valence-electron chi connectivity index (χ1n) is 5.60. The molecule has 0 aliphatic heterocycles. The molecule has 1 aromatic carbocycles. The minimum Gasteiger partial charge on any atom is -0.481 e. The quantitative estimate of drug-likeness (QED) is 0.863. The van der Waals surface area contributed by atoms with Gasteiger partial charge in [0.2, 0.25) is 0 Å². The van der Waals surface area contributed by atoms with Crippen LogP contribution in [0.2, 0.25) is 0 Å². The lowest BCUT2D eigenvalue weighted by Gasteiger charge is -1.96. The molecule has 17 heavy (non-hydrogen) atoms. The van der Waals surface area contributed by atoms with Gasteiger partial charge in [-0.25, -0.2) is 4.98 Å². The van der Waals surface area contributed by atoms with Gasteiger partial charge in [0.15, 0.2) is 11.5 Å². The summed E-state index contributed by atoms with van der Waals surface area (Å²) < 4.78 is 5.63. The van der Waals surface area contributed by atoms with Crippen molar-refractivity contribution in [3.05, 3.63) is 30.2 Å². The fourth-order valence-electron chi connectivity index (χ4n) is 2.58. The fraction of sp³-hybridized carbons (Fsp3) is 0.385. The molecule has 1 N–H and O–H groups in total. The Bertz CT molecular complexity index is 566. The van der Waals surface area contributed by atoms with Gasteiger partial charge in [-0.2, -0.15) is 0 Å². The van der Waals surface area contributed by atoms with E-state index >= 15 is 0 Å². The summed E-state index contributed by atoms with van der Waals surface area (Å²) in [7, 11) is 0. The second-order valence-electron chi connectivity index (χ2n) is 5.13. The van der Waals surface area contributed by atoms with Crippen molar-refractivity contribution in [2.45, 2.75) is 19.8 Å². The van der Waals surface area contributed by atoms with Crippen LogP contribution in [0.5, 0.6) is 0 Å². The predicted molar refractivity (Wildman–Crippen MR) is 61.7 cm³/mol. The molecule has 0 radical (unpaired) electrons. The summed E-state index contributed by atoms with van der Waals surface area (Å²) >= 11 is 0. The zero-order valence-corrected chi connectivity index (χ0v) is 9.68. The van der Waals surface area contributed by atoms with Gasteiger partial charge in [0.25, 0.3) is 0 Å². The maximum atomic E-state index is 11.1. The van der Waals surface area contributed by atoms with Gasteiger partial charge in [-0.3, -0.25) is 4.79 Å². The van der Waals surface area contributed by atoms with E-state index in [4.69, 9.17) is 9.52 Å². The smallest absolute Gasteiger partial charge is 0.307 e. The lowest BCUT2D eigenvalue weighted by molar-refractivity contribution is -0.139. The molecule has 1 fully saturated rings. The molecule has 1 aliphatic rings. The SMILES string of the molecule is CC1(C)C(C(=O)O)C1c1nc2ccccc2o1. The van der Waals surface area contributed by atoms with Crippen LogP contribution in [0.15, 0.2) is 28.7 Å². The standard InChI is InChI=1S/C13H13NO3/c1-13(2)9(10(13)12(15)16)11-14-7-5-3-4-6-8(7)17-11/h3-6,9-10H,1-2H3,(H,15,16). The molecule has 3 rings (SSSR count). The second-order valence-corrected chi connectivity index (χ2v) is 5.13. The van der Waals surface area contributed by atoms with Gasteiger partial charge in [-0.15, -0.1) is 0 Å². The fourth-order valence-corrected chi connectivity index (χ4v) is 2.58. The molecular weight excluding hydrogens is 218 g/mol. The largest absolute Gasteiger partial charge is 0.481 e.